The molecular weight excluding hydrogens is 675 g/mol. The number of nitrogens with one attached hydrogen (secondary N) is 1. The van der Waals surface area contributed by atoms with Crippen LogP contribution < -0.4 is 5.32 Å². The second-order valence-electron chi connectivity index (χ2n) is 12.6. The van der Waals surface area contributed by atoms with Crippen molar-refractivity contribution in [3.63, 3.8) is 0 Å². The number of nitrogens with zero attached hydrogens (tertiary/aromatic N) is 1. The highest BCUT2D eigenvalue weighted by Gasteiger charge is 2.56. The van der Waals surface area contributed by atoms with Crippen LogP contribution in [0.2, 0.25) is 0 Å². The Morgan fingerprint density at radius 1 is 1.07 bits per heavy atom. The first kappa shape index (κ1) is 34.0. The van der Waals surface area contributed by atoms with Crippen molar-refractivity contribution in [2.45, 2.75) is 88.6 Å². The van der Waals surface area contributed by atoms with Crippen molar-refractivity contribution in [2.75, 3.05) is 6.61 Å². The van der Waals surface area contributed by atoms with E-state index in [9.17, 15) is 19.2 Å². The maximum Gasteiger partial charge on any atom is 0.408 e. The number of fused-ring (bicyclic) bond motifs is 2. The van der Waals surface area contributed by atoms with E-state index in [1.165, 1.54) is 0 Å². The van der Waals surface area contributed by atoms with E-state index in [1.54, 1.807) is 33.9 Å². The summed E-state index contributed by atoms with van der Waals surface area (Å²) < 4.78 is 17.7. The summed E-state index contributed by atoms with van der Waals surface area (Å²) in [6, 6.07) is 9.22. The van der Waals surface area contributed by atoms with Crippen LogP contribution in [0.3, 0.4) is 0 Å². The second kappa shape index (κ2) is 13.6. The predicted octanol–water partition coefficient (Wildman–Crippen LogP) is 6.10. The highest BCUT2D eigenvalue weighted by Crippen LogP contribution is 2.40. The number of carbonyl (C=O) groups excluding carboxylic acids is 4. The smallest absolute Gasteiger partial charge is 0.408 e. The van der Waals surface area contributed by atoms with Crippen LogP contribution in [-0.2, 0) is 28.6 Å². The number of rotatable bonds is 5. The molecule has 2 saturated heterocycles. The van der Waals surface area contributed by atoms with Crippen molar-refractivity contribution in [3.05, 3.63) is 48.2 Å². The zero-order valence-corrected chi connectivity index (χ0v) is 28.6. The average molecular weight is 719 g/mol. The van der Waals surface area contributed by atoms with E-state index in [1.807, 2.05) is 57.2 Å². The second-order valence-corrected chi connectivity index (χ2v) is 14.0. The highest BCUT2D eigenvalue weighted by molar-refractivity contribution is 14.1. The summed E-state index contributed by atoms with van der Waals surface area (Å²) in [6.45, 7) is 12.6. The summed E-state index contributed by atoms with van der Waals surface area (Å²) in [5.41, 5.74) is -0.353. The Morgan fingerprint density at radius 2 is 1.77 bits per heavy atom. The van der Waals surface area contributed by atoms with E-state index in [0.29, 0.717) is 12.8 Å². The van der Waals surface area contributed by atoms with Gasteiger partial charge in [0.15, 0.2) is 11.4 Å². The number of esters is 1. The molecule has 0 saturated carbocycles. The molecule has 0 spiro atoms. The SMILES string of the molecule is CC[C@H]1OC(=O)[C@H](C)C(=O)[C@H](C)[C@@H](I)[C@](C)(OC/C=C/c2cnc3ccccc3c2)C[C@@H](C)C(=O)[C@H](C)[C@H]2NC(=O)O[C@@]21C. The van der Waals surface area contributed by atoms with E-state index in [2.05, 4.69) is 39.0 Å². The molecule has 4 rings (SSSR count). The molecule has 2 fully saturated rings. The Labute approximate surface area is 273 Å². The van der Waals surface area contributed by atoms with Gasteiger partial charge in [-0.15, -0.1) is 0 Å². The topological polar surface area (TPSA) is 121 Å². The molecule has 0 radical (unpaired) electrons. The van der Waals surface area contributed by atoms with Crippen molar-refractivity contribution in [1.29, 1.82) is 0 Å². The standard InChI is InChI=1S/C34H43IN2O7/c1-8-26-34(7)30(37-32(41)44-34)21(4)27(38)19(2)17-33(6,29(35)20(3)28(39)22(5)31(40)43-26)42-15-11-12-23-16-24-13-9-10-14-25(24)36-18-23/h9-14,16,18-22,26,29-30H,8,15,17H2,1-7H3,(H,37,41)/b12-11+/t19-,20+,21+,22-,26-,29-,30-,33-,34-/m1/s1. The van der Waals surface area contributed by atoms with Crippen LogP contribution in [0.15, 0.2) is 42.6 Å². The van der Waals surface area contributed by atoms with E-state index in [4.69, 9.17) is 14.2 Å². The first-order valence-corrected chi connectivity index (χ1v) is 16.5. The molecule has 9 nitrogen and oxygen atoms in total. The van der Waals surface area contributed by atoms with E-state index in [0.717, 1.165) is 16.5 Å². The third-order valence-corrected chi connectivity index (χ3v) is 11.7. The number of cyclic esters (lactones) is 1. The number of aromatic nitrogens is 1. The number of para-hydroxylation sites is 1. The number of ketones is 2. The summed E-state index contributed by atoms with van der Waals surface area (Å²) in [6.07, 6.45) is 4.79. The van der Waals surface area contributed by atoms with Crippen LogP contribution >= 0.6 is 22.6 Å². The molecule has 2 aliphatic rings. The summed E-state index contributed by atoms with van der Waals surface area (Å²) in [5, 5.41) is 3.83. The van der Waals surface area contributed by atoms with Gasteiger partial charge in [0.05, 0.1) is 23.8 Å². The molecule has 3 heterocycles. The Kier molecular flexibility index (Phi) is 10.5. The monoisotopic (exact) mass is 718 g/mol. The number of ether oxygens (including phenoxy) is 3. The lowest BCUT2D eigenvalue weighted by Crippen LogP contribution is -2.57. The molecule has 1 aromatic carbocycles. The maximum absolute atomic E-state index is 13.9. The molecule has 2 aliphatic heterocycles. The van der Waals surface area contributed by atoms with Gasteiger partial charge in [0.25, 0.3) is 0 Å². The van der Waals surface area contributed by atoms with Gasteiger partial charge < -0.3 is 19.5 Å². The summed E-state index contributed by atoms with van der Waals surface area (Å²) in [4.78, 5) is 57.9. The molecule has 0 unspecified atom stereocenters. The van der Waals surface area contributed by atoms with Crippen LogP contribution in [-0.4, -0.2) is 62.5 Å². The minimum atomic E-state index is -1.29. The third-order valence-electron chi connectivity index (χ3n) is 9.30. The number of halogens is 1. The Morgan fingerprint density at radius 3 is 2.48 bits per heavy atom. The van der Waals surface area contributed by atoms with Crippen LogP contribution in [0.1, 0.15) is 66.9 Å². The van der Waals surface area contributed by atoms with Crippen LogP contribution in [0.4, 0.5) is 4.79 Å². The zero-order chi connectivity index (χ0) is 32.4. The molecule has 2 aromatic rings. The number of carbonyl (C=O) groups is 4. The van der Waals surface area contributed by atoms with Gasteiger partial charge in [0.2, 0.25) is 0 Å². The Balaban J connectivity index is 1.63. The van der Waals surface area contributed by atoms with Crippen molar-refractivity contribution in [2.24, 2.45) is 23.7 Å². The largest absolute Gasteiger partial charge is 0.458 e. The van der Waals surface area contributed by atoms with Gasteiger partial charge in [-0.25, -0.2) is 4.79 Å². The number of alkyl carbamates (subject to hydrolysis) is 1. The molecule has 10 heteroatoms. The number of alkyl halides is 1. The zero-order valence-electron chi connectivity index (χ0n) is 26.5. The number of hydrogen-bond donors (Lipinski definition) is 1. The fraction of sp³-hybridized carbons (Fsp3) is 0.559. The van der Waals surface area contributed by atoms with Gasteiger partial charge in [0.1, 0.15) is 17.8 Å². The molecule has 238 valence electrons. The highest BCUT2D eigenvalue weighted by atomic mass is 127. The molecule has 9 atom stereocenters. The lowest BCUT2D eigenvalue weighted by Gasteiger charge is -2.41. The number of hydrogen-bond acceptors (Lipinski definition) is 8. The van der Waals surface area contributed by atoms with Crippen LogP contribution in [0.25, 0.3) is 17.0 Å². The fourth-order valence-corrected chi connectivity index (χ4v) is 7.44. The number of pyridine rings is 1. The van der Waals surface area contributed by atoms with Crippen molar-refractivity contribution in [3.8, 4) is 0 Å². The molecule has 0 bridgehead atoms. The van der Waals surface area contributed by atoms with Crippen LogP contribution in [0.5, 0.6) is 0 Å². The van der Waals surface area contributed by atoms with Gasteiger partial charge >= 0.3 is 12.1 Å². The van der Waals surface area contributed by atoms with E-state index >= 15 is 0 Å². The Bertz CT molecular complexity index is 1450. The lowest BCUT2D eigenvalue weighted by atomic mass is 9.74. The molecule has 1 N–H and O–H groups in total. The summed E-state index contributed by atoms with van der Waals surface area (Å²) in [5.74, 6) is -3.74. The van der Waals surface area contributed by atoms with Crippen molar-refractivity contribution in [1.82, 2.24) is 10.3 Å². The first-order chi connectivity index (χ1) is 20.7. The molecular formula is C34H43IN2O7. The fourth-order valence-electron chi connectivity index (χ4n) is 6.66. The minimum Gasteiger partial charge on any atom is -0.458 e. The predicted molar refractivity (Wildman–Crippen MR) is 176 cm³/mol. The van der Waals surface area contributed by atoms with Crippen molar-refractivity contribution < 1.29 is 33.4 Å². The third kappa shape index (κ3) is 6.85. The number of amides is 1. The average Bonchev–Trinajstić information content (AvgIpc) is 3.33. The number of Topliss-reactive ketones (excluding diaryl/α,β-unsaturated/α-hetero) is 2. The van der Waals surface area contributed by atoms with Gasteiger partial charge in [-0.2, -0.15) is 0 Å². The Hall–Kier alpha value is -2.86. The van der Waals surface area contributed by atoms with Gasteiger partial charge in [-0.1, -0.05) is 80.6 Å². The minimum absolute atomic E-state index is 0.0752. The molecule has 1 amide bonds. The van der Waals surface area contributed by atoms with Crippen molar-refractivity contribution >= 4 is 63.2 Å². The van der Waals surface area contributed by atoms with Gasteiger partial charge in [0, 0.05) is 33.3 Å². The maximum atomic E-state index is 13.9. The van der Waals surface area contributed by atoms with Crippen LogP contribution in [0, 0.1) is 23.7 Å². The van der Waals surface area contributed by atoms with E-state index in [-0.39, 0.29) is 22.1 Å². The summed E-state index contributed by atoms with van der Waals surface area (Å²) in [7, 11) is 0. The summed E-state index contributed by atoms with van der Waals surface area (Å²) >= 11 is 2.22. The lowest BCUT2D eigenvalue weighted by molar-refractivity contribution is -0.170. The van der Waals surface area contributed by atoms with E-state index < -0.39 is 59.1 Å². The molecule has 1 aromatic heterocycles. The van der Waals surface area contributed by atoms with Gasteiger partial charge in [-0.05, 0) is 51.3 Å². The van der Waals surface area contributed by atoms with Gasteiger partial charge in [-0.3, -0.25) is 19.4 Å². The normalized spacial score (nSPS) is 35.6. The number of benzene rings is 1. The molecule has 44 heavy (non-hydrogen) atoms. The first-order valence-electron chi connectivity index (χ1n) is 15.3. The molecule has 0 aliphatic carbocycles. The quantitative estimate of drug-likeness (QED) is 0.171.